The van der Waals surface area contributed by atoms with Crippen LogP contribution in [0.1, 0.15) is 38.3 Å². The quantitative estimate of drug-likeness (QED) is 0.843. The molecule has 0 radical (unpaired) electrons. The molecule has 104 valence electrons. The number of carbonyl (C=O) groups is 1. The Morgan fingerprint density at radius 2 is 1.84 bits per heavy atom. The minimum atomic E-state index is -1.52. The number of carbonyl (C=O) groups excluding carboxylic acids is 1. The second kappa shape index (κ2) is 5.19. The Bertz CT molecular complexity index is 489. The normalized spacial score (nSPS) is 14.9. The molecular weight excluding hydrogens is 247 g/mol. The molecule has 1 aromatic carbocycles. The fourth-order valence-electron chi connectivity index (χ4n) is 2.22. The van der Waals surface area contributed by atoms with Gasteiger partial charge in [0.2, 0.25) is 0 Å². The molecule has 0 atom stereocenters. The van der Waals surface area contributed by atoms with E-state index in [1.54, 1.807) is 12.1 Å². The minimum absolute atomic E-state index is 0.00000898. The third-order valence-electron chi connectivity index (χ3n) is 3.05. The predicted octanol–water partition coefficient (Wildman–Crippen LogP) is 3.18. The maximum Gasteiger partial charge on any atom is 0.161 e. The van der Waals surface area contributed by atoms with Crippen molar-refractivity contribution in [2.24, 2.45) is 0 Å². The van der Waals surface area contributed by atoms with Crippen LogP contribution < -0.4 is 9.47 Å². The van der Waals surface area contributed by atoms with Crippen molar-refractivity contribution >= 4 is 5.78 Å². The van der Waals surface area contributed by atoms with E-state index in [2.05, 4.69) is 0 Å². The van der Waals surface area contributed by atoms with Gasteiger partial charge in [0.25, 0.3) is 0 Å². The molecule has 4 heteroatoms. The van der Waals surface area contributed by atoms with Crippen LogP contribution in [0.4, 0.5) is 4.39 Å². The summed E-state index contributed by atoms with van der Waals surface area (Å²) in [6.45, 7) is 5.60. The highest BCUT2D eigenvalue weighted by atomic mass is 19.1. The van der Waals surface area contributed by atoms with Crippen LogP contribution in [0.25, 0.3) is 0 Å². The number of alkyl halides is 1. The first-order chi connectivity index (χ1) is 8.88. The Kier molecular flexibility index (Phi) is 3.78. The smallest absolute Gasteiger partial charge is 0.161 e. The molecular formula is C15H19FO3. The van der Waals surface area contributed by atoms with Gasteiger partial charge in [-0.25, -0.2) is 4.39 Å². The summed E-state index contributed by atoms with van der Waals surface area (Å²) in [5.74, 6) is 1.16. The Morgan fingerprint density at radius 1 is 1.26 bits per heavy atom. The lowest BCUT2D eigenvalue weighted by Crippen LogP contribution is -2.15. The van der Waals surface area contributed by atoms with Crippen LogP contribution in [0.3, 0.4) is 0 Å². The Morgan fingerprint density at radius 3 is 2.37 bits per heavy atom. The fourth-order valence-corrected chi connectivity index (χ4v) is 2.22. The topological polar surface area (TPSA) is 35.5 Å². The molecule has 0 amide bonds. The number of benzene rings is 1. The van der Waals surface area contributed by atoms with E-state index in [1.807, 2.05) is 0 Å². The third kappa shape index (κ3) is 3.25. The van der Waals surface area contributed by atoms with Gasteiger partial charge in [0, 0.05) is 12.8 Å². The van der Waals surface area contributed by atoms with Gasteiger partial charge in [-0.15, -0.1) is 0 Å². The average molecular weight is 266 g/mol. The van der Waals surface area contributed by atoms with Gasteiger partial charge < -0.3 is 9.47 Å². The second-order valence-corrected chi connectivity index (χ2v) is 5.36. The van der Waals surface area contributed by atoms with E-state index in [4.69, 9.17) is 9.47 Å². The van der Waals surface area contributed by atoms with Gasteiger partial charge in [0.1, 0.15) is 11.5 Å². The van der Waals surface area contributed by atoms with Crippen LogP contribution in [0.2, 0.25) is 0 Å². The summed E-state index contributed by atoms with van der Waals surface area (Å²) in [5.41, 5.74) is -0.355. The SMILES string of the molecule is CC(=O)Cc1cc2c(cc1C(C)(C)F)OCCCO2. The summed E-state index contributed by atoms with van der Waals surface area (Å²) in [6, 6.07) is 3.40. The van der Waals surface area contributed by atoms with Crippen LogP contribution >= 0.6 is 0 Å². The van der Waals surface area contributed by atoms with E-state index < -0.39 is 5.67 Å². The summed E-state index contributed by atoms with van der Waals surface area (Å²) < 4.78 is 25.4. The molecule has 0 bridgehead atoms. The standard InChI is InChI=1S/C15H19FO3/c1-10(17)7-11-8-13-14(19-6-4-5-18-13)9-12(11)15(2,3)16/h8-9H,4-7H2,1-3H3. The highest BCUT2D eigenvalue weighted by Gasteiger charge is 2.26. The molecule has 0 spiro atoms. The zero-order valence-corrected chi connectivity index (χ0v) is 11.6. The van der Waals surface area contributed by atoms with Crippen molar-refractivity contribution in [2.45, 2.75) is 39.3 Å². The van der Waals surface area contributed by atoms with Crippen LogP contribution in [0, 0.1) is 0 Å². The monoisotopic (exact) mass is 266 g/mol. The zero-order valence-electron chi connectivity index (χ0n) is 11.6. The molecule has 1 aromatic rings. The molecule has 0 aliphatic carbocycles. The molecule has 2 rings (SSSR count). The number of halogens is 1. The largest absolute Gasteiger partial charge is 0.490 e. The second-order valence-electron chi connectivity index (χ2n) is 5.36. The number of Topliss-reactive ketones (excluding diaryl/α,β-unsaturated/α-hetero) is 1. The summed E-state index contributed by atoms with van der Waals surface area (Å²) in [7, 11) is 0. The van der Waals surface area contributed by atoms with Crippen molar-refractivity contribution in [3.8, 4) is 11.5 Å². The van der Waals surface area contributed by atoms with Crippen LogP contribution in [0.5, 0.6) is 11.5 Å². The van der Waals surface area contributed by atoms with Gasteiger partial charge in [-0.05, 0) is 44.0 Å². The Hall–Kier alpha value is -1.58. The van der Waals surface area contributed by atoms with E-state index in [-0.39, 0.29) is 12.2 Å². The molecule has 0 unspecified atom stereocenters. The average Bonchev–Trinajstić information content (AvgIpc) is 2.50. The van der Waals surface area contributed by atoms with Gasteiger partial charge in [-0.3, -0.25) is 4.79 Å². The Labute approximate surface area is 112 Å². The number of hydrogen-bond donors (Lipinski definition) is 0. The molecule has 0 saturated carbocycles. The molecule has 1 aliphatic heterocycles. The number of ketones is 1. The maximum atomic E-state index is 14.3. The van der Waals surface area contributed by atoms with Crippen molar-refractivity contribution in [1.82, 2.24) is 0 Å². The first kappa shape index (κ1) is 13.8. The van der Waals surface area contributed by atoms with E-state index in [9.17, 15) is 9.18 Å². The lowest BCUT2D eigenvalue weighted by atomic mass is 9.91. The van der Waals surface area contributed by atoms with E-state index in [1.165, 1.54) is 20.8 Å². The van der Waals surface area contributed by atoms with Crippen molar-refractivity contribution in [2.75, 3.05) is 13.2 Å². The zero-order chi connectivity index (χ0) is 14.0. The minimum Gasteiger partial charge on any atom is -0.490 e. The predicted molar refractivity (Wildman–Crippen MR) is 70.6 cm³/mol. The number of ether oxygens (including phenoxy) is 2. The highest BCUT2D eigenvalue weighted by Crippen LogP contribution is 2.38. The summed E-state index contributed by atoms with van der Waals surface area (Å²) in [6.07, 6.45) is 1.00. The maximum absolute atomic E-state index is 14.3. The van der Waals surface area contributed by atoms with E-state index >= 15 is 0 Å². The molecule has 1 heterocycles. The van der Waals surface area contributed by atoms with Gasteiger partial charge in [-0.1, -0.05) is 0 Å². The molecule has 1 aliphatic rings. The van der Waals surface area contributed by atoms with Crippen molar-refractivity contribution in [3.63, 3.8) is 0 Å². The van der Waals surface area contributed by atoms with Gasteiger partial charge in [0.05, 0.1) is 13.2 Å². The molecule has 0 aromatic heterocycles. The summed E-state index contributed by atoms with van der Waals surface area (Å²) in [4.78, 5) is 11.3. The molecule has 0 saturated heterocycles. The lowest BCUT2D eigenvalue weighted by Gasteiger charge is -2.21. The first-order valence-corrected chi connectivity index (χ1v) is 6.49. The van der Waals surface area contributed by atoms with Gasteiger partial charge in [-0.2, -0.15) is 0 Å². The highest BCUT2D eigenvalue weighted by molar-refractivity contribution is 5.79. The lowest BCUT2D eigenvalue weighted by molar-refractivity contribution is -0.116. The van der Waals surface area contributed by atoms with Crippen molar-refractivity contribution in [3.05, 3.63) is 23.3 Å². The van der Waals surface area contributed by atoms with Gasteiger partial charge >= 0.3 is 0 Å². The molecule has 19 heavy (non-hydrogen) atoms. The van der Waals surface area contributed by atoms with Crippen molar-refractivity contribution < 1.29 is 18.7 Å². The molecule has 3 nitrogen and oxygen atoms in total. The fraction of sp³-hybridized carbons (Fsp3) is 0.533. The summed E-state index contributed by atoms with van der Waals surface area (Å²) >= 11 is 0. The van der Waals surface area contributed by atoms with Crippen molar-refractivity contribution in [1.29, 1.82) is 0 Å². The van der Waals surface area contributed by atoms with Crippen LogP contribution in [-0.2, 0) is 16.9 Å². The third-order valence-corrected chi connectivity index (χ3v) is 3.05. The molecule has 0 N–H and O–H groups in total. The number of fused-ring (bicyclic) bond motifs is 1. The van der Waals surface area contributed by atoms with E-state index in [0.717, 1.165) is 6.42 Å². The first-order valence-electron chi connectivity index (χ1n) is 6.49. The number of hydrogen-bond acceptors (Lipinski definition) is 3. The van der Waals surface area contributed by atoms with Gasteiger partial charge in [0.15, 0.2) is 11.5 Å². The van der Waals surface area contributed by atoms with Crippen LogP contribution in [0.15, 0.2) is 12.1 Å². The number of rotatable bonds is 3. The Balaban J connectivity index is 2.50. The molecule has 0 fully saturated rings. The van der Waals surface area contributed by atoms with E-state index in [0.29, 0.717) is 35.8 Å². The van der Waals surface area contributed by atoms with Crippen LogP contribution in [-0.4, -0.2) is 19.0 Å². The summed E-state index contributed by atoms with van der Waals surface area (Å²) in [5, 5.41) is 0.